The van der Waals surface area contributed by atoms with Crippen molar-refractivity contribution in [2.24, 2.45) is 0 Å². The van der Waals surface area contributed by atoms with Gasteiger partial charge in [-0.2, -0.15) is 0 Å². The van der Waals surface area contributed by atoms with Gasteiger partial charge in [0.2, 0.25) is 0 Å². The first kappa shape index (κ1) is 19.7. The van der Waals surface area contributed by atoms with Crippen LogP contribution in [-0.4, -0.2) is 11.0 Å². The Kier molecular flexibility index (Phi) is 6.18. The van der Waals surface area contributed by atoms with E-state index in [2.05, 4.69) is 16.0 Å². The molecule has 0 bridgehead atoms. The van der Waals surface area contributed by atoms with Crippen molar-refractivity contribution >= 4 is 51.9 Å². The summed E-state index contributed by atoms with van der Waals surface area (Å²) in [6.45, 7) is 0. The van der Waals surface area contributed by atoms with Crippen LogP contribution in [0.5, 0.6) is 0 Å². The van der Waals surface area contributed by atoms with E-state index in [0.717, 1.165) is 0 Å². The fraction of sp³-hybridized carbons (Fsp3) is 0. The Morgan fingerprint density at radius 2 is 1.36 bits per heavy atom. The number of amides is 1. The van der Waals surface area contributed by atoms with Crippen LogP contribution < -0.4 is 16.0 Å². The molecule has 0 radical (unpaired) electrons. The molecule has 0 saturated heterocycles. The van der Waals surface area contributed by atoms with Gasteiger partial charge in [-0.3, -0.25) is 4.79 Å². The van der Waals surface area contributed by atoms with Crippen molar-refractivity contribution in [1.29, 1.82) is 0 Å². The topological polar surface area (TPSA) is 53.2 Å². The zero-order valence-electron chi connectivity index (χ0n) is 14.3. The number of hydrogen-bond donors (Lipinski definition) is 3. The Labute approximate surface area is 170 Å². The number of carbonyl (C=O) groups excluding carboxylic acids is 1. The van der Waals surface area contributed by atoms with Gasteiger partial charge in [0.05, 0.1) is 10.6 Å². The molecule has 0 spiro atoms. The van der Waals surface area contributed by atoms with Crippen LogP contribution in [0, 0.1) is 11.6 Å². The molecule has 28 heavy (non-hydrogen) atoms. The van der Waals surface area contributed by atoms with Crippen LogP contribution in [0.15, 0.2) is 66.7 Å². The summed E-state index contributed by atoms with van der Waals surface area (Å²) in [6, 6.07) is 16.6. The molecule has 0 fully saturated rings. The molecule has 0 aliphatic carbocycles. The molecule has 1 amide bonds. The van der Waals surface area contributed by atoms with Gasteiger partial charge >= 0.3 is 0 Å². The van der Waals surface area contributed by atoms with Gasteiger partial charge in [0.15, 0.2) is 5.11 Å². The lowest BCUT2D eigenvalue weighted by molar-refractivity contribution is 0.102. The summed E-state index contributed by atoms with van der Waals surface area (Å²) in [6.07, 6.45) is 0. The zero-order valence-corrected chi connectivity index (χ0v) is 15.9. The quantitative estimate of drug-likeness (QED) is 0.478. The molecule has 3 rings (SSSR count). The van der Waals surface area contributed by atoms with Gasteiger partial charge in [0.25, 0.3) is 5.91 Å². The van der Waals surface area contributed by atoms with Crippen molar-refractivity contribution in [3.63, 3.8) is 0 Å². The van der Waals surface area contributed by atoms with Gasteiger partial charge in [-0.15, -0.1) is 0 Å². The number of nitrogens with one attached hydrogen (secondary N) is 3. The third-order valence-corrected chi connectivity index (χ3v) is 4.19. The minimum Gasteiger partial charge on any atom is -0.332 e. The van der Waals surface area contributed by atoms with Crippen LogP contribution in [0.25, 0.3) is 0 Å². The fourth-order valence-electron chi connectivity index (χ4n) is 2.35. The van der Waals surface area contributed by atoms with E-state index in [1.807, 2.05) is 0 Å². The maximum absolute atomic E-state index is 13.7. The second-order valence-electron chi connectivity index (χ2n) is 5.72. The van der Waals surface area contributed by atoms with E-state index in [0.29, 0.717) is 17.1 Å². The molecule has 0 aliphatic heterocycles. The monoisotopic (exact) mass is 417 g/mol. The number of anilines is 3. The predicted molar refractivity (Wildman–Crippen MR) is 112 cm³/mol. The highest BCUT2D eigenvalue weighted by molar-refractivity contribution is 7.80. The number of benzene rings is 3. The van der Waals surface area contributed by atoms with E-state index in [9.17, 15) is 13.6 Å². The average molecular weight is 418 g/mol. The van der Waals surface area contributed by atoms with Crippen LogP contribution in [-0.2, 0) is 0 Å². The van der Waals surface area contributed by atoms with Crippen LogP contribution in [0.3, 0.4) is 0 Å². The first-order valence-electron chi connectivity index (χ1n) is 8.11. The van der Waals surface area contributed by atoms with Crippen LogP contribution in [0.4, 0.5) is 25.8 Å². The second-order valence-corrected chi connectivity index (χ2v) is 6.53. The number of halogens is 3. The van der Waals surface area contributed by atoms with E-state index >= 15 is 0 Å². The smallest absolute Gasteiger partial charge is 0.258 e. The van der Waals surface area contributed by atoms with Crippen LogP contribution >= 0.6 is 23.8 Å². The van der Waals surface area contributed by atoms with E-state index in [1.165, 1.54) is 36.4 Å². The Morgan fingerprint density at radius 3 is 2.00 bits per heavy atom. The van der Waals surface area contributed by atoms with E-state index in [4.69, 9.17) is 23.8 Å². The SMILES string of the molecule is O=C(Nc1ccc(NC(=S)Nc2ccc(F)c(Cl)c2)cc1)c1ccccc1F. The third kappa shape index (κ3) is 5.03. The zero-order chi connectivity index (χ0) is 20.1. The molecule has 0 saturated carbocycles. The standard InChI is InChI=1S/C20H14ClF2N3OS/c21-16-11-14(9-10-18(16)23)26-20(28)25-13-7-5-12(6-8-13)24-19(27)15-3-1-2-4-17(15)22/h1-11H,(H,24,27)(H2,25,26,28). The Hall–Kier alpha value is -3.03. The first-order valence-corrected chi connectivity index (χ1v) is 8.90. The van der Waals surface area contributed by atoms with Crippen LogP contribution in [0.2, 0.25) is 5.02 Å². The molecule has 3 aromatic carbocycles. The Bertz CT molecular complexity index is 1030. The number of rotatable bonds is 4. The molecular weight excluding hydrogens is 404 g/mol. The molecule has 0 aromatic heterocycles. The summed E-state index contributed by atoms with van der Waals surface area (Å²) in [5.41, 5.74) is 1.67. The van der Waals surface area contributed by atoms with Crippen molar-refractivity contribution in [3.8, 4) is 0 Å². The molecular formula is C20H14ClF2N3OS. The minimum atomic E-state index is -0.587. The Morgan fingerprint density at radius 1 is 0.786 bits per heavy atom. The predicted octanol–water partition coefficient (Wildman–Crippen LogP) is 5.68. The van der Waals surface area contributed by atoms with E-state index in [-0.39, 0.29) is 15.7 Å². The van der Waals surface area contributed by atoms with Gasteiger partial charge in [0.1, 0.15) is 11.6 Å². The maximum Gasteiger partial charge on any atom is 0.258 e. The lowest BCUT2D eigenvalue weighted by Gasteiger charge is -2.12. The van der Waals surface area contributed by atoms with Crippen molar-refractivity contribution in [2.45, 2.75) is 0 Å². The first-order chi connectivity index (χ1) is 13.4. The molecule has 8 heteroatoms. The van der Waals surface area contributed by atoms with Crippen molar-refractivity contribution in [2.75, 3.05) is 16.0 Å². The highest BCUT2D eigenvalue weighted by Crippen LogP contribution is 2.20. The van der Waals surface area contributed by atoms with E-state index in [1.54, 1.807) is 30.3 Å². The summed E-state index contributed by atoms with van der Waals surface area (Å²) >= 11 is 10.9. The third-order valence-electron chi connectivity index (χ3n) is 3.70. The largest absolute Gasteiger partial charge is 0.332 e. The van der Waals surface area contributed by atoms with Crippen LogP contribution in [0.1, 0.15) is 10.4 Å². The maximum atomic E-state index is 13.7. The lowest BCUT2D eigenvalue weighted by Crippen LogP contribution is -2.19. The number of thiocarbonyl (C=S) groups is 1. The fourth-order valence-corrected chi connectivity index (χ4v) is 2.76. The summed E-state index contributed by atoms with van der Waals surface area (Å²) in [5.74, 6) is -1.64. The summed E-state index contributed by atoms with van der Waals surface area (Å²) in [4.78, 5) is 12.1. The minimum absolute atomic E-state index is 0.0113. The normalized spacial score (nSPS) is 10.2. The molecule has 0 unspecified atom stereocenters. The molecule has 3 N–H and O–H groups in total. The van der Waals surface area contributed by atoms with Gasteiger partial charge in [0, 0.05) is 17.1 Å². The average Bonchev–Trinajstić information content (AvgIpc) is 2.66. The molecule has 142 valence electrons. The molecule has 0 heterocycles. The van der Waals surface area contributed by atoms with Gasteiger partial charge in [-0.25, -0.2) is 8.78 Å². The number of hydrogen-bond acceptors (Lipinski definition) is 2. The highest BCUT2D eigenvalue weighted by Gasteiger charge is 2.11. The van der Waals surface area contributed by atoms with Crippen molar-refractivity contribution in [1.82, 2.24) is 0 Å². The summed E-state index contributed by atoms with van der Waals surface area (Å²) < 4.78 is 26.8. The van der Waals surface area contributed by atoms with Gasteiger partial charge in [-0.1, -0.05) is 23.7 Å². The molecule has 4 nitrogen and oxygen atoms in total. The highest BCUT2D eigenvalue weighted by atomic mass is 35.5. The van der Waals surface area contributed by atoms with Gasteiger partial charge in [-0.05, 0) is 66.8 Å². The molecule has 3 aromatic rings. The Balaban J connectivity index is 1.59. The van der Waals surface area contributed by atoms with Crippen molar-refractivity contribution < 1.29 is 13.6 Å². The summed E-state index contributed by atoms with van der Waals surface area (Å²) in [7, 11) is 0. The van der Waals surface area contributed by atoms with Gasteiger partial charge < -0.3 is 16.0 Å². The lowest BCUT2D eigenvalue weighted by atomic mass is 10.2. The molecule has 0 atom stereocenters. The summed E-state index contributed by atoms with van der Waals surface area (Å²) in [5, 5.41) is 8.74. The van der Waals surface area contributed by atoms with E-state index < -0.39 is 17.5 Å². The number of carbonyl (C=O) groups is 1. The molecule has 0 aliphatic rings. The van der Waals surface area contributed by atoms with Crippen molar-refractivity contribution in [3.05, 3.63) is 89.0 Å². The second kappa shape index (κ2) is 8.77.